The fourth-order valence-electron chi connectivity index (χ4n) is 2.78. The van der Waals surface area contributed by atoms with Gasteiger partial charge in [-0.1, -0.05) is 12.1 Å². The SMILES string of the molecule is CNC(=O)c1ccc(C[NH+](C)CC(=O)Nc2ccc3c(c2)OCO3)cc1. The molecule has 2 aromatic carbocycles. The highest BCUT2D eigenvalue weighted by molar-refractivity contribution is 5.94. The molecule has 7 nitrogen and oxygen atoms in total. The number of nitrogens with one attached hydrogen (secondary N) is 3. The lowest BCUT2D eigenvalue weighted by Crippen LogP contribution is -3.08. The lowest BCUT2D eigenvalue weighted by atomic mass is 10.1. The summed E-state index contributed by atoms with van der Waals surface area (Å²) in [4.78, 5) is 24.8. The van der Waals surface area contributed by atoms with E-state index in [-0.39, 0.29) is 18.6 Å². The van der Waals surface area contributed by atoms with Crippen LogP contribution in [-0.2, 0) is 11.3 Å². The van der Waals surface area contributed by atoms with Crippen LogP contribution in [0.15, 0.2) is 42.5 Å². The number of ether oxygens (including phenoxy) is 2. The Kier molecular flexibility index (Phi) is 5.38. The number of benzene rings is 2. The maximum atomic E-state index is 12.2. The van der Waals surface area contributed by atoms with Gasteiger partial charge < -0.3 is 25.0 Å². The second-order valence-electron chi connectivity index (χ2n) is 6.20. The standard InChI is InChI=1S/C19H21N3O4/c1-20-19(24)14-5-3-13(4-6-14)10-22(2)11-18(23)21-15-7-8-16-17(9-15)26-12-25-16/h3-9H,10-12H2,1-2H3,(H,20,24)(H,21,23)/p+1. The van der Waals surface area contributed by atoms with Crippen molar-refractivity contribution in [1.29, 1.82) is 0 Å². The highest BCUT2D eigenvalue weighted by Gasteiger charge is 2.16. The first-order chi connectivity index (χ1) is 12.5. The average molecular weight is 356 g/mol. The van der Waals surface area contributed by atoms with Crippen LogP contribution < -0.4 is 25.0 Å². The van der Waals surface area contributed by atoms with Crippen molar-refractivity contribution in [1.82, 2.24) is 5.32 Å². The predicted octanol–water partition coefficient (Wildman–Crippen LogP) is 0.428. The summed E-state index contributed by atoms with van der Waals surface area (Å²) in [7, 11) is 3.55. The van der Waals surface area contributed by atoms with E-state index in [0.717, 1.165) is 10.5 Å². The largest absolute Gasteiger partial charge is 0.454 e. The molecule has 0 fully saturated rings. The van der Waals surface area contributed by atoms with Crippen molar-refractivity contribution in [2.75, 3.05) is 32.7 Å². The Labute approximate surface area is 151 Å². The first kappa shape index (κ1) is 17.8. The molecule has 3 rings (SSSR count). The smallest absolute Gasteiger partial charge is 0.279 e. The summed E-state index contributed by atoms with van der Waals surface area (Å²) in [6.07, 6.45) is 0. The molecule has 1 heterocycles. The van der Waals surface area contributed by atoms with E-state index in [9.17, 15) is 9.59 Å². The number of amides is 2. The molecule has 26 heavy (non-hydrogen) atoms. The molecule has 1 aliphatic rings. The molecule has 7 heteroatoms. The fourth-order valence-corrected chi connectivity index (χ4v) is 2.78. The molecule has 2 aromatic rings. The van der Waals surface area contributed by atoms with E-state index in [1.54, 1.807) is 37.4 Å². The average Bonchev–Trinajstić information content (AvgIpc) is 3.09. The molecular formula is C19H22N3O4+. The number of hydrogen-bond donors (Lipinski definition) is 3. The summed E-state index contributed by atoms with van der Waals surface area (Å²) in [5, 5.41) is 5.46. The van der Waals surface area contributed by atoms with Gasteiger partial charge in [-0.25, -0.2) is 0 Å². The van der Waals surface area contributed by atoms with Gasteiger partial charge in [0.25, 0.3) is 11.8 Å². The molecule has 0 saturated carbocycles. The molecule has 3 N–H and O–H groups in total. The van der Waals surface area contributed by atoms with Crippen LogP contribution in [0.1, 0.15) is 15.9 Å². The molecule has 0 aliphatic carbocycles. The third kappa shape index (κ3) is 4.31. The van der Waals surface area contributed by atoms with Gasteiger partial charge in [0.15, 0.2) is 18.0 Å². The number of rotatable bonds is 6. The van der Waals surface area contributed by atoms with Gasteiger partial charge in [0.2, 0.25) is 6.79 Å². The zero-order chi connectivity index (χ0) is 18.5. The van der Waals surface area contributed by atoms with Crippen molar-refractivity contribution in [3.05, 3.63) is 53.6 Å². The number of carbonyl (C=O) groups is 2. The molecule has 1 aliphatic heterocycles. The van der Waals surface area contributed by atoms with Gasteiger partial charge in [-0.15, -0.1) is 0 Å². The quantitative estimate of drug-likeness (QED) is 0.701. The Bertz CT molecular complexity index is 805. The summed E-state index contributed by atoms with van der Waals surface area (Å²) in [6, 6.07) is 12.7. The maximum Gasteiger partial charge on any atom is 0.279 e. The molecule has 0 bridgehead atoms. The van der Waals surface area contributed by atoms with Crippen LogP contribution in [0.25, 0.3) is 0 Å². The predicted molar refractivity (Wildman–Crippen MR) is 96.5 cm³/mol. The second kappa shape index (κ2) is 7.88. The van der Waals surface area contributed by atoms with E-state index < -0.39 is 0 Å². The van der Waals surface area contributed by atoms with Crippen LogP contribution >= 0.6 is 0 Å². The van der Waals surface area contributed by atoms with Crippen LogP contribution in [0, 0.1) is 0 Å². The van der Waals surface area contributed by atoms with Gasteiger partial charge >= 0.3 is 0 Å². The van der Waals surface area contributed by atoms with Crippen LogP contribution in [0.4, 0.5) is 5.69 Å². The van der Waals surface area contributed by atoms with Gasteiger partial charge in [0.05, 0.1) is 7.05 Å². The van der Waals surface area contributed by atoms with E-state index in [1.165, 1.54) is 0 Å². The third-order valence-electron chi connectivity index (χ3n) is 4.07. The van der Waals surface area contributed by atoms with Crippen LogP contribution in [0.5, 0.6) is 11.5 Å². The van der Waals surface area contributed by atoms with E-state index in [1.807, 2.05) is 19.2 Å². The number of quaternary nitrogens is 1. The topological polar surface area (TPSA) is 81.1 Å². The van der Waals surface area contributed by atoms with Crippen molar-refractivity contribution in [3.63, 3.8) is 0 Å². The minimum Gasteiger partial charge on any atom is -0.454 e. The molecule has 0 radical (unpaired) electrons. The van der Waals surface area contributed by atoms with Gasteiger partial charge in [0.1, 0.15) is 6.54 Å². The molecule has 2 amide bonds. The minimum atomic E-state index is -0.111. The van der Waals surface area contributed by atoms with Crippen molar-refractivity contribution in [2.24, 2.45) is 0 Å². The molecule has 136 valence electrons. The van der Waals surface area contributed by atoms with Crippen LogP contribution in [-0.4, -0.2) is 39.2 Å². The zero-order valence-electron chi connectivity index (χ0n) is 14.8. The summed E-state index contributed by atoms with van der Waals surface area (Å²) >= 11 is 0. The maximum absolute atomic E-state index is 12.2. The Morgan fingerprint density at radius 1 is 1.08 bits per heavy atom. The van der Waals surface area contributed by atoms with Crippen LogP contribution in [0.2, 0.25) is 0 Å². The number of likely N-dealkylation sites (N-methyl/N-ethyl adjacent to an activating group) is 1. The molecule has 0 spiro atoms. The number of carbonyl (C=O) groups excluding carboxylic acids is 2. The lowest BCUT2D eigenvalue weighted by molar-refractivity contribution is -0.885. The molecule has 1 unspecified atom stereocenters. The number of fused-ring (bicyclic) bond motifs is 1. The van der Waals surface area contributed by atoms with Crippen molar-refractivity contribution in [2.45, 2.75) is 6.54 Å². The third-order valence-corrected chi connectivity index (χ3v) is 4.07. The van der Waals surface area contributed by atoms with E-state index in [4.69, 9.17) is 9.47 Å². The highest BCUT2D eigenvalue weighted by Crippen LogP contribution is 2.34. The van der Waals surface area contributed by atoms with E-state index >= 15 is 0 Å². The van der Waals surface area contributed by atoms with Gasteiger partial charge in [-0.05, 0) is 24.3 Å². The van der Waals surface area contributed by atoms with E-state index in [0.29, 0.717) is 35.8 Å². The Morgan fingerprint density at radius 2 is 1.81 bits per heavy atom. The van der Waals surface area contributed by atoms with Crippen LogP contribution in [0.3, 0.4) is 0 Å². The Balaban J connectivity index is 1.52. The van der Waals surface area contributed by atoms with Gasteiger partial charge in [-0.2, -0.15) is 0 Å². The van der Waals surface area contributed by atoms with Gasteiger partial charge in [0, 0.05) is 29.9 Å². The van der Waals surface area contributed by atoms with Crippen molar-refractivity contribution in [3.8, 4) is 11.5 Å². The lowest BCUT2D eigenvalue weighted by Gasteiger charge is -2.14. The first-order valence-electron chi connectivity index (χ1n) is 8.37. The van der Waals surface area contributed by atoms with E-state index in [2.05, 4.69) is 10.6 Å². The Morgan fingerprint density at radius 3 is 2.54 bits per heavy atom. The number of anilines is 1. The summed E-state index contributed by atoms with van der Waals surface area (Å²) < 4.78 is 10.6. The Hall–Kier alpha value is -3.06. The fraction of sp³-hybridized carbons (Fsp3) is 0.263. The molecule has 0 aromatic heterocycles. The minimum absolute atomic E-state index is 0.0802. The molecular weight excluding hydrogens is 334 g/mol. The van der Waals surface area contributed by atoms with Crippen molar-refractivity contribution < 1.29 is 24.0 Å². The second-order valence-corrected chi connectivity index (χ2v) is 6.20. The molecule has 0 saturated heterocycles. The summed E-state index contributed by atoms with van der Waals surface area (Å²) in [5.74, 6) is 1.13. The summed E-state index contributed by atoms with van der Waals surface area (Å²) in [6.45, 7) is 1.21. The molecule has 1 atom stereocenters. The highest BCUT2D eigenvalue weighted by atomic mass is 16.7. The summed E-state index contributed by atoms with van der Waals surface area (Å²) in [5.41, 5.74) is 2.36. The monoisotopic (exact) mass is 356 g/mol. The van der Waals surface area contributed by atoms with Crippen molar-refractivity contribution >= 4 is 17.5 Å². The number of hydrogen-bond acceptors (Lipinski definition) is 4. The normalized spacial score (nSPS) is 13.2. The van der Waals surface area contributed by atoms with Gasteiger partial charge in [-0.3, -0.25) is 9.59 Å². The zero-order valence-corrected chi connectivity index (χ0v) is 14.8. The first-order valence-corrected chi connectivity index (χ1v) is 8.37.